The van der Waals surface area contributed by atoms with Crippen LogP contribution < -0.4 is 5.32 Å². The molecule has 0 saturated heterocycles. The zero-order chi connectivity index (χ0) is 12.8. The number of benzene rings is 1. The fraction of sp³-hybridized carbons (Fsp3) is 0.500. The van der Waals surface area contributed by atoms with E-state index in [2.05, 4.69) is 23.5 Å². The topological polar surface area (TPSA) is 49.3 Å². The summed E-state index contributed by atoms with van der Waals surface area (Å²) in [5.74, 6) is -0.00699. The van der Waals surface area contributed by atoms with Gasteiger partial charge in [0.25, 0.3) is 0 Å². The molecule has 94 valence electrons. The molecular formula is C14H21NO2. The predicted octanol–water partition coefficient (Wildman–Crippen LogP) is 2.25. The first kappa shape index (κ1) is 13.7. The SMILES string of the molecule is Cc1ccc(C)c(C(C)NC(=O)CCCO)c1. The number of nitrogens with one attached hydrogen (secondary N) is 1. The number of aliphatic hydroxyl groups is 1. The van der Waals surface area contributed by atoms with Crippen molar-refractivity contribution in [2.24, 2.45) is 0 Å². The van der Waals surface area contributed by atoms with Crippen LogP contribution in [0.2, 0.25) is 0 Å². The summed E-state index contributed by atoms with van der Waals surface area (Å²) >= 11 is 0. The fourth-order valence-corrected chi connectivity index (χ4v) is 1.86. The molecule has 0 spiro atoms. The molecule has 0 radical (unpaired) electrons. The number of hydrogen-bond acceptors (Lipinski definition) is 2. The lowest BCUT2D eigenvalue weighted by atomic mass is 10.00. The van der Waals surface area contributed by atoms with Gasteiger partial charge in [0.2, 0.25) is 5.91 Å². The number of carbonyl (C=O) groups is 1. The van der Waals surface area contributed by atoms with Gasteiger partial charge in [0.15, 0.2) is 0 Å². The van der Waals surface area contributed by atoms with E-state index in [1.807, 2.05) is 20.8 Å². The van der Waals surface area contributed by atoms with Crippen LogP contribution in [0.25, 0.3) is 0 Å². The lowest BCUT2D eigenvalue weighted by Gasteiger charge is -2.17. The molecule has 0 aliphatic rings. The molecule has 17 heavy (non-hydrogen) atoms. The highest BCUT2D eigenvalue weighted by atomic mass is 16.3. The van der Waals surface area contributed by atoms with Crippen LogP contribution in [0.5, 0.6) is 0 Å². The summed E-state index contributed by atoms with van der Waals surface area (Å²) in [5, 5.41) is 11.6. The maximum absolute atomic E-state index is 11.6. The third-order valence-corrected chi connectivity index (χ3v) is 2.84. The summed E-state index contributed by atoms with van der Waals surface area (Å²) in [5.41, 5.74) is 3.54. The lowest BCUT2D eigenvalue weighted by molar-refractivity contribution is -0.122. The zero-order valence-corrected chi connectivity index (χ0v) is 10.8. The molecule has 0 aromatic heterocycles. The Morgan fingerprint density at radius 1 is 1.41 bits per heavy atom. The monoisotopic (exact) mass is 235 g/mol. The average Bonchev–Trinajstić information content (AvgIpc) is 2.29. The minimum Gasteiger partial charge on any atom is -0.396 e. The molecule has 0 fully saturated rings. The Bertz CT molecular complexity index is 388. The van der Waals surface area contributed by atoms with Crippen molar-refractivity contribution >= 4 is 5.91 Å². The molecule has 1 amide bonds. The molecule has 0 aliphatic carbocycles. The van der Waals surface area contributed by atoms with E-state index in [1.54, 1.807) is 0 Å². The minimum atomic E-state index is -0.00699. The Balaban J connectivity index is 2.66. The van der Waals surface area contributed by atoms with E-state index in [0.717, 1.165) is 5.56 Å². The van der Waals surface area contributed by atoms with Crippen LogP contribution in [-0.4, -0.2) is 17.6 Å². The molecule has 1 unspecified atom stereocenters. The van der Waals surface area contributed by atoms with E-state index in [0.29, 0.717) is 12.8 Å². The minimum absolute atomic E-state index is 0.00699. The van der Waals surface area contributed by atoms with Gasteiger partial charge >= 0.3 is 0 Å². The van der Waals surface area contributed by atoms with Gasteiger partial charge in [-0.15, -0.1) is 0 Å². The van der Waals surface area contributed by atoms with Crippen molar-refractivity contribution in [3.05, 3.63) is 34.9 Å². The van der Waals surface area contributed by atoms with Gasteiger partial charge in [-0.05, 0) is 38.3 Å². The van der Waals surface area contributed by atoms with Gasteiger partial charge in [-0.25, -0.2) is 0 Å². The number of hydrogen-bond donors (Lipinski definition) is 2. The fourth-order valence-electron chi connectivity index (χ4n) is 1.86. The van der Waals surface area contributed by atoms with Gasteiger partial charge in [0, 0.05) is 13.0 Å². The molecule has 0 aliphatic heterocycles. The number of amides is 1. The summed E-state index contributed by atoms with van der Waals surface area (Å²) in [6, 6.07) is 6.26. The standard InChI is InChI=1S/C14H21NO2/c1-10-6-7-11(2)13(9-10)12(3)15-14(17)5-4-8-16/h6-7,9,12,16H,4-5,8H2,1-3H3,(H,15,17). The van der Waals surface area contributed by atoms with Crippen molar-refractivity contribution < 1.29 is 9.90 Å². The van der Waals surface area contributed by atoms with Crippen LogP contribution in [0.3, 0.4) is 0 Å². The van der Waals surface area contributed by atoms with Crippen LogP contribution in [0.1, 0.15) is 42.5 Å². The molecule has 0 heterocycles. The largest absolute Gasteiger partial charge is 0.396 e. The van der Waals surface area contributed by atoms with Gasteiger partial charge < -0.3 is 10.4 Å². The van der Waals surface area contributed by atoms with Crippen molar-refractivity contribution in [3.8, 4) is 0 Å². The first-order valence-corrected chi connectivity index (χ1v) is 6.02. The maximum Gasteiger partial charge on any atom is 0.220 e. The summed E-state index contributed by atoms with van der Waals surface area (Å²) in [6.45, 7) is 6.14. The first-order valence-electron chi connectivity index (χ1n) is 6.02. The average molecular weight is 235 g/mol. The third-order valence-electron chi connectivity index (χ3n) is 2.84. The highest BCUT2D eigenvalue weighted by Crippen LogP contribution is 2.18. The molecule has 1 aromatic rings. The Kier molecular flexibility index (Phi) is 5.16. The molecule has 1 atom stereocenters. The summed E-state index contributed by atoms with van der Waals surface area (Å²) in [7, 11) is 0. The second-order valence-electron chi connectivity index (χ2n) is 4.48. The quantitative estimate of drug-likeness (QED) is 0.822. The van der Waals surface area contributed by atoms with Crippen molar-refractivity contribution in [1.29, 1.82) is 0 Å². The van der Waals surface area contributed by atoms with E-state index in [1.165, 1.54) is 11.1 Å². The molecule has 1 aromatic carbocycles. The summed E-state index contributed by atoms with van der Waals surface area (Å²) in [4.78, 5) is 11.6. The number of carbonyl (C=O) groups excluding carboxylic acids is 1. The van der Waals surface area contributed by atoms with Crippen LogP contribution in [0, 0.1) is 13.8 Å². The summed E-state index contributed by atoms with van der Waals surface area (Å²) < 4.78 is 0. The van der Waals surface area contributed by atoms with Crippen molar-refractivity contribution in [2.45, 2.75) is 39.7 Å². The Morgan fingerprint density at radius 2 is 2.12 bits per heavy atom. The molecule has 3 nitrogen and oxygen atoms in total. The van der Waals surface area contributed by atoms with Crippen LogP contribution in [0.15, 0.2) is 18.2 Å². The Hall–Kier alpha value is -1.35. The van der Waals surface area contributed by atoms with E-state index in [9.17, 15) is 4.79 Å². The maximum atomic E-state index is 11.6. The van der Waals surface area contributed by atoms with Gasteiger partial charge in [0.1, 0.15) is 0 Å². The molecule has 1 rings (SSSR count). The first-order chi connectivity index (χ1) is 8.04. The molecule has 2 N–H and O–H groups in total. The zero-order valence-electron chi connectivity index (χ0n) is 10.8. The van der Waals surface area contributed by atoms with Gasteiger partial charge in [-0.3, -0.25) is 4.79 Å². The highest BCUT2D eigenvalue weighted by Gasteiger charge is 2.11. The number of rotatable bonds is 5. The smallest absolute Gasteiger partial charge is 0.220 e. The van der Waals surface area contributed by atoms with Crippen LogP contribution in [-0.2, 0) is 4.79 Å². The van der Waals surface area contributed by atoms with Gasteiger partial charge in [-0.1, -0.05) is 23.8 Å². The second-order valence-corrected chi connectivity index (χ2v) is 4.48. The molecule has 0 saturated carbocycles. The lowest BCUT2D eigenvalue weighted by Crippen LogP contribution is -2.27. The van der Waals surface area contributed by atoms with Crippen molar-refractivity contribution in [2.75, 3.05) is 6.61 Å². The second kappa shape index (κ2) is 6.40. The van der Waals surface area contributed by atoms with Crippen LogP contribution >= 0.6 is 0 Å². The number of aryl methyl sites for hydroxylation is 2. The predicted molar refractivity (Wildman–Crippen MR) is 68.8 cm³/mol. The highest BCUT2D eigenvalue weighted by molar-refractivity contribution is 5.76. The Morgan fingerprint density at radius 3 is 2.76 bits per heavy atom. The van der Waals surface area contributed by atoms with Gasteiger partial charge in [0.05, 0.1) is 6.04 Å². The summed E-state index contributed by atoms with van der Waals surface area (Å²) in [6.07, 6.45) is 0.900. The van der Waals surface area contributed by atoms with E-state index in [4.69, 9.17) is 5.11 Å². The van der Waals surface area contributed by atoms with E-state index in [-0.39, 0.29) is 18.6 Å². The number of aliphatic hydroxyl groups excluding tert-OH is 1. The Labute approximate surface area is 103 Å². The molecule has 3 heteroatoms. The van der Waals surface area contributed by atoms with E-state index >= 15 is 0 Å². The third kappa shape index (κ3) is 4.19. The molecule has 0 bridgehead atoms. The van der Waals surface area contributed by atoms with Gasteiger partial charge in [-0.2, -0.15) is 0 Å². The van der Waals surface area contributed by atoms with Crippen molar-refractivity contribution in [3.63, 3.8) is 0 Å². The van der Waals surface area contributed by atoms with Crippen LogP contribution in [0.4, 0.5) is 0 Å². The molecular weight excluding hydrogens is 214 g/mol. The van der Waals surface area contributed by atoms with E-state index < -0.39 is 0 Å². The van der Waals surface area contributed by atoms with Crippen molar-refractivity contribution in [1.82, 2.24) is 5.32 Å². The normalized spacial score (nSPS) is 12.2.